The summed E-state index contributed by atoms with van der Waals surface area (Å²) in [5.74, 6) is -3.60. The van der Waals surface area contributed by atoms with Crippen LogP contribution in [0.15, 0.2) is 42.5 Å². The number of benzene rings is 2. The van der Waals surface area contributed by atoms with Crippen molar-refractivity contribution in [1.82, 2.24) is 21.3 Å². The van der Waals surface area contributed by atoms with Gasteiger partial charge in [0.1, 0.15) is 30.7 Å². The number of rotatable bonds is 21. The zero-order valence-corrected chi connectivity index (χ0v) is 27.0. The van der Waals surface area contributed by atoms with Crippen molar-refractivity contribution in [2.24, 2.45) is 11.5 Å². The molecule has 0 fully saturated rings. The minimum absolute atomic E-state index is 0.102. The molecule has 0 spiro atoms. The van der Waals surface area contributed by atoms with E-state index in [1.807, 2.05) is 42.5 Å². The third kappa shape index (κ3) is 12.8. The van der Waals surface area contributed by atoms with Crippen LogP contribution in [0.2, 0.25) is 0 Å². The number of carboxylic acids is 1. The van der Waals surface area contributed by atoms with Crippen molar-refractivity contribution in [3.8, 4) is 0 Å². The molecular formula is C30H45N7O6S2. The van der Waals surface area contributed by atoms with Crippen molar-refractivity contribution in [3.05, 3.63) is 42.5 Å². The smallest absolute Gasteiger partial charge is 0.322 e. The second kappa shape index (κ2) is 20.5. The second-order valence-corrected chi connectivity index (χ2v) is 11.2. The Kier molecular flexibility index (Phi) is 17.1. The van der Waals surface area contributed by atoms with Crippen LogP contribution in [0.4, 0.5) is 5.69 Å². The van der Waals surface area contributed by atoms with Gasteiger partial charge < -0.3 is 43.2 Å². The molecule has 15 heteroatoms. The molecule has 0 aliphatic carbocycles. The maximum Gasteiger partial charge on any atom is 0.322 e. The predicted octanol–water partition coefficient (Wildman–Crippen LogP) is 0.393. The van der Waals surface area contributed by atoms with E-state index in [1.54, 1.807) is 0 Å². The van der Waals surface area contributed by atoms with Crippen LogP contribution in [0, 0.1) is 0 Å². The molecule has 4 atom stereocenters. The fourth-order valence-corrected chi connectivity index (χ4v) is 5.07. The Labute approximate surface area is 274 Å². The van der Waals surface area contributed by atoms with E-state index < -0.39 is 60.3 Å². The van der Waals surface area contributed by atoms with E-state index in [0.29, 0.717) is 38.8 Å². The van der Waals surface area contributed by atoms with Crippen LogP contribution in [0.3, 0.4) is 0 Å². The summed E-state index contributed by atoms with van der Waals surface area (Å²) >= 11 is 8.59. The molecule has 2 aromatic rings. The van der Waals surface area contributed by atoms with Gasteiger partial charge in [0.15, 0.2) is 0 Å². The van der Waals surface area contributed by atoms with Crippen LogP contribution in [0.25, 0.3) is 10.8 Å². The molecule has 0 unspecified atom stereocenters. The monoisotopic (exact) mass is 663 g/mol. The summed E-state index contributed by atoms with van der Waals surface area (Å²) in [7, 11) is 0. The number of unbranched alkanes of at least 4 members (excludes halogenated alkanes) is 2. The first-order valence-electron chi connectivity index (χ1n) is 14.9. The van der Waals surface area contributed by atoms with Crippen molar-refractivity contribution in [3.63, 3.8) is 0 Å². The first-order valence-corrected chi connectivity index (χ1v) is 16.2. The summed E-state index contributed by atoms with van der Waals surface area (Å²) in [5, 5.41) is 24.3. The van der Waals surface area contributed by atoms with E-state index in [1.165, 1.54) is 0 Å². The summed E-state index contributed by atoms with van der Waals surface area (Å²) in [6.07, 6.45) is 2.75. The number of nitrogens with one attached hydrogen (secondary N) is 5. The van der Waals surface area contributed by atoms with Gasteiger partial charge >= 0.3 is 5.97 Å². The average molecular weight is 664 g/mol. The maximum atomic E-state index is 13.4. The van der Waals surface area contributed by atoms with Crippen molar-refractivity contribution in [2.45, 2.75) is 62.7 Å². The predicted molar refractivity (Wildman–Crippen MR) is 181 cm³/mol. The normalized spacial score (nSPS) is 13.6. The van der Waals surface area contributed by atoms with E-state index in [2.05, 4.69) is 51.8 Å². The Morgan fingerprint density at radius 2 is 1.18 bits per heavy atom. The van der Waals surface area contributed by atoms with Crippen molar-refractivity contribution >= 4 is 71.3 Å². The van der Waals surface area contributed by atoms with Crippen LogP contribution in [-0.2, 0) is 24.0 Å². The second-order valence-electron chi connectivity index (χ2n) is 10.5. The quantitative estimate of drug-likeness (QED) is 0.0659. The molecule has 45 heavy (non-hydrogen) atoms. The van der Waals surface area contributed by atoms with Crippen LogP contribution >= 0.6 is 25.3 Å². The van der Waals surface area contributed by atoms with Crippen LogP contribution in [-0.4, -0.2) is 90.0 Å². The molecule has 2 aromatic carbocycles. The number of nitrogens with two attached hydrogens (primary N) is 2. The van der Waals surface area contributed by atoms with E-state index in [0.717, 1.165) is 16.5 Å². The number of carbonyl (C=O) groups is 5. The molecule has 0 aliphatic rings. The molecule has 13 nitrogen and oxygen atoms in total. The Morgan fingerprint density at radius 1 is 0.667 bits per heavy atom. The molecule has 2 rings (SSSR count). The first-order chi connectivity index (χ1) is 21.6. The summed E-state index contributed by atoms with van der Waals surface area (Å²) in [6.45, 7) is 0.179. The lowest BCUT2D eigenvalue weighted by Crippen LogP contribution is -2.58. The van der Waals surface area contributed by atoms with E-state index in [4.69, 9.17) is 16.6 Å². The lowest BCUT2D eigenvalue weighted by atomic mass is 10.1. The third-order valence-electron chi connectivity index (χ3n) is 7.01. The highest BCUT2D eigenvalue weighted by Crippen LogP contribution is 2.24. The van der Waals surface area contributed by atoms with Crippen molar-refractivity contribution in [1.29, 1.82) is 0 Å². The number of hydrogen-bond acceptors (Lipinski definition) is 10. The van der Waals surface area contributed by atoms with Gasteiger partial charge in [0.2, 0.25) is 23.6 Å². The number of aliphatic carboxylic acids is 1. The van der Waals surface area contributed by atoms with Gasteiger partial charge in [-0.15, -0.1) is 0 Å². The number of carbonyl (C=O) groups excluding carboxylic acids is 4. The van der Waals surface area contributed by atoms with Gasteiger partial charge in [0, 0.05) is 22.6 Å². The van der Waals surface area contributed by atoms with Crippen molar-refractivity contribution < 1.29 is 29.1 Å². The highest BCUT2D eigenvalue weighted by molar-refractivity contribution is 7.80. The van der Waals surface area contributed by atoms with Crippen LogP contribution < -0.4 is 38.1 Å². The lowest BCUT2D eigenvalue weighted by Gasteiger charge is -2.26. The largest absolute Gasteiger partial charge is 0.480 e. The maximum absolute atomic E-state index is 13.4. The lowest BCUT2D eigenvalue weighted by molar-refractivity contribution is -0.138. The van der Waals surface area contributed by atoms with E-state index in [9.17, 15) is 24.0 Å². The average Bonchev–Trinajstić information content (AvgIpc) is 3.03. The summed E-state index contributed by atoms with van der Waals surface area (Å²) in [5.41, 5.74) is 11.9. The van der Waals surface area contributed by atoms with E-state index >= 15 is 0 Å². The van der Waals surface area contributed by atoms with Gasteiger partial charge in [-0.05, 0) is 63.1 Å². The summed E-state index contributed by atoms with van der Waals surface area (Å²) < 4.78 is 0. The standard InChI is InChI=1S/C30H45N7O6S2/c31-14-5-3-11-22(27(40)33-16-26(38)39)35-30(43)25(18-45)37-28(41)23(12-4-6-15-32)36-29(42)24(17-44)34-21-13-7-9-19-8-1-2-10-20(19)21/h1-2,7-10,13,22-25,34,44-45H,3-6,11-12,14-18,31-32H2,(H,33,40)(H,35,43)(H,36,42)(H,37,41)(H,38,39)/t22-,23-,24-,25-/m0/s1. The Hall–Kier alpha value is -3.53. The molecule has 0 aromatic heterocycles. The first kappa shape index (κ1) is 37.7. The van der Waals surface area contributed by atoms with Gasteiger partial charge in [-0.2, -0.15) is 25.3 Å². The molecule has 4 amide bonds. The SMILES string of the molecule is NCCCC[C@H](NC(=O)[C@H](CS)NC(=O)[C@H](CCCCN)NC(=O)[C@H](CS)Nc1cccc2ccccc12)C(=O)NCC(=O)O. The molecule has 10 N–H and O–H groups in total. The Bertz CT molecular complexity index is 1280. The number of thiol groups is 2. The topological polar surface area (TPSA) is 218 Å². The van der Waals surface area contributed by atoms with Gasteiger partial charge in [-0.25, -0.2) is 0 Å². The van der Waals surface area contributed by atoms with Crippen LogP contribution in [0.5, 0.6) is 0 Å². The molecule has 0 saturated carbocycles. The number of fused-ring (bicyclic) bond motifs is 1. The summed E-state index contributed by atoms with van der Waals surface area (Å²) in [6, 6.07) is 9.49. The third-order valence-corrected chi connectivity index (χ3v) is 7.74. The molecule has 0 saturated heterocycles. The van der Waals surface area contributed by atoms with E-state index in [-0.39, 0.29) is 24.3 Å². The highest BCUT2D eigenvalue weighted by atomic mass is 32.1. The van der Waals surface area contributed by atoms with Gasteiger partial charge in [0.25, 0.3) is 0 Å². The fraction of sp³-hybridized carbons (Fsp3) is 0.500. The number of hydrogen-bond donors (Lipinski definition) is 10. The van der Waals surface area contributed by atoms with Crippen molar-refractivity contribution in [2.75, 3.05) is 36.5 Å². The zero-order valence-electron chi connectivity index (χ0n) is 25.2. The van der Waals surface area contributed by atoms with Gasteiger partial charge in [-0.3, -0.25) is 24.0 Å². The Balaban J connectivity index is 2.14. The number of amides is 4. The van der Waals surface area contributed by atoms with Crippen LogP contribution in [0.1, 0.15) is 38.5 Å². The highest BCUT2D eigenvalue weighted by Gasteiger charge is 2.30. The minimum Gasteiger partial charge on any atom is -0.480 e. The summed E-state index contributed by atoms with van der Waals surface area (Å²) in [4.78, 5) is 63.5. The molecule has 0 heterocycles. The fourth-order valence-electron chi connectivity index (χ4n) is 4.55. The number of carboxylic acid groups (broad SMARTS) is 1. The number of anilines is 1. The molecule has 248 valence electrons. The van der Waals surface area contributed by atoms with Gasteiger partial charge in [-0.1, -0.05) is 36.4 Å². The zero-order chi connectivity index (χ0) is 33.2. The molecular weight excluding hydrogens is 619 g/mol. The molecule has 0 bridgehead atoms. The Morgan fingerprint density at radius 3 is 1.76 bits per heavy atom. The molecule has 0 aliphatic heterocycles. The van der Waals surface area contributed by atoms with Gasteiger partial charge in [0.05, 0.1) is 0 Å². The molecule has 0 radical (unpaired) electrons. The minimum atomic E-state index is -1.23.